The Bertz CT molecular complexity index is 1060. The van der Waals surface area contributed by atoms with Crippen LogP contribution in [-0.4, -0.2) is 48.8 Å². The monoisotopic (exact) mass is 473 g/mol. The van der Waals surface area contributed by atoms with Gasteiger partial charge in [-0.2, -0.15) is 15.6 Å². The quantitative estimate of drug-likeness (QED) is 0.539. The maximum absolute atomic E-state index is 12.8. The number of piperazine rings is 1. The third kappa shape index (κ3) is 4.28. The Morgan fingerprint density at radius 1 is 1.04 bits per heavy atom. The minimum atomic E-state index is -3.57. The van der Waals surface area contributed by atoms with Gasteiger partial charge in [-0.1, -0.05) is 23.2 Å². The second kappa shape index (κ2) is 8.39. The third-order valence-electron chi connectivity index (χ3n) is 4.57. The number of halogens is 2. The average molecular weight is 474 g/mol. The highest BCUT2D eigenvalue weighted by Crippen LogP contribution is 2.28. The van der Waals surface area contributed by atoms with Gasteiger partial charge in [-0.25, -0.2) is 13.4 Å². The van der Waals surface area contributed by atoms with Crippen molar-refractivity contribution < 1.29 is 8.42 Å². The fourth-order valence-corrected chi connectivity index (χ4v) is 6.38. The van der Waals surface area contributed by atoms with Crippen molar-refractivity contribution in [3.63, 3.8) is 0 Å². The van der Waals surface area contributed by atoms with Gasteiger partial charge in [-0.3, -0.25) is 4.90 Å². The van der Waals surface area contributed by atoms with Crippen LogP contribution in [0.3, 0.4) is 0 Å². The van der Waals surface area contributed by atoms with Gasteiger partial charge < -0.3 is 0 Å². The largest absolute Gasteiger partial charge is 0.295 e. The molecule has 148 valence electrons. The lowest BCUT2D eigenvalue weighted by Gasteiger charge is -2.33. The molecule has 3 aromatic rings. The SMILES string of the molecule is O=S(=O)(c1ccc(Cl)c(Cl)c1)N1CCN(Cc2csc(-c3ccsc3)n2)CC1. The summed E-state index contributed by atoms with van der Waals surface area (Å²) in [5.41, 5.74) is 2.17. The van der Waals surface area contributed by atoms with Crippen LogP contribution < -0.4 is 0 Å². The summed E-state index contributed by atoms with van der Waals surface area (Å²) in [6.45, 7) is 2.91. The van der Waals surface area contributed by atoms with Gasteiger partial charge in [0.1, 0.15) is 5.01 Å². The first kappa shape index (κ1) is 20.3. The van der Waals surface area contributed by atoms with Gasteiger partial charge in [0, 0.05) is 49.0 Å². The molecule has 1 fully saturated rings. The van der Waals surface area contributed by atoms with Gasteiger partial charge in [-0.15, -0.1) is 11.3 Å². The third-order valence-corrected chi connectivity index (χ3v) is 8.82. The Morgan fingerprint density at radius 3 is 2.50 bits per heavy atom. The summed E-state index contributed by atoms with van der Waals surface area (Å²) in [4.78, 5) is 7.11. The van der Waals surface area contributed by atoms with Crippen molar-refractivity contribution in [2.45, 2.75) is 11.4 Å². The van der Waals surface area contributed by atoms with Gasteiger partial charge in [0.15, 0.2) is 0 Å². The molecule has 1 saturated heterocycles. The summed E-state index contributed by atoms with van der Waals surface area (Å²) in [5, 5.41) is 7.82. The predicted octanol–water partition coefficient (Wildman–Crippen LogP) is 4.68. The smallest absolute Gasteiger partial charge is 0.243 e. The number of sulfonamides is 1. The normalized spacial score (nSPS) is 16.5. The Kier molecular flexibility index (Phi) is 6.08. The van der Waals surface area contributed by atoms with Crippen molar-refractivity contribution in [2.24, 2.45) is 0 Å². The molecule has 10 heteroatoms. The van der Waals surface area contributed by atoms with Crippen LogP contribution in [0.1, 0.15) is 5.69 Å². The van der Waals surface area contributed by atoms with Crippen LogP contribution >= 0.6 is 45.9 Å². The molecular weight excluding hydrogens is 457 g/mol. The van der Waals surface area contributed by atoms with Gasteiger partial charge >= 0.3 is 0 Å². The Hall–Kier alpha value is -1.00. The van der Waals surface area contributed by atoms with E-state index >= 15 is 0 Å². The number of thiazole rings is 1. The zero-order valence-corrected chi connectivity index (χ0v) is 18.7. The lowest BCUT2D eigenvalue weighted by molar-refractivity contribution is 0.180. The van der Waals surface area contributed by atoms with E-state index < -0.39 is 10.0 Å². The minimum absolute atomic E-state index is 0.176. The topological polar surface area (TPSA) is 53.5 Å². The summed E-state index contributed by atoms with van der Waals surface area (Å²) < 4.78 is 27.2. The van der Waals surface area contributed by atoms with Gasteiger partial charge in [-0.05, 0) is 29.6 Å². The molecular formula is C18H17Cl2N3O2S3. The number of benzene rings is 1. The van der Waals surface area contributed by atoms with Crippen molar-refractivity contribution in [3.8, 4) is 10.6 Å². The first-order valence-electron chi connectivity index (χ1n) is 8.58. The zero-order valence-electron chi connectivity index (χ0n) is 14.7. The summed E-state index contributed by atoms with van der Waals surface area (Å²) >= 11 is 15.2. The molecule has 3 heterocycles. The van der Waals surface area contributed by atoms with Crippen LogP contribution in [-0.2, 0) is 16.6 Å². The lowest BCUT2D eigenvalue weighted by Crippen LogP contribution is -2.48. The lowest BCUT2D eigenvalue weighted by atomic mass is 10.3. The van der Waals surface area contributed by atoms with Crippen molar-refractivity contribution in [3.05, 3.63) is 56.1 Å². The molecule has 0 amide bonds. The van der Waals surface area contributed by atoms with Gasteiger partial charge in [0.2, 0.25) is 10.0 Å². The van der Waals surface area contributed by atoms with Crippen molar-refractivity contribution in [2.75, 3.05) is 26.2 Å². The number of thiophene rings is 1. The van der Waals surface area contributed by atoms with Crippen LogP contribution in [0.4, 0.5) is 0 Å². The molecule has 0 aliphatic carbocycles. The maximum Gasteiger partial charge on any atom is 0.243 e. The summed E-state index contributed by atoms with van der Waals surface area (Å²) in [6.07, 6.45) is 0. The van der Waals surface area contributed by atoms with Crippen molar-refractivity contribution in [1.29, 1.82) is 0 Å². The molecule has 0 saturated carbocycles. The molecule has 1 aliphatic heterocycles. The first-order chi connectivity index (χ1) is 13.4. The van der Waals surface area contributed by atoms with Crippen LogP contribution in [0, 0.1) is 0 Å². The molecule has 0 N–H and O–H groups in total. The van der Waals surface area contributed by atoms with E-state index in [0.29, 0.717) is 31.2 Å². The molecule has 0 radical (unpaired) electrons. The molecule has 0 atom stereocenters. The molecule has 0 spiro atoms. The number of rotatable bonds is 5. The molecule has 28 heavy (non-hydrogen) atoms. The second-order valence-electron chi connectivity index (χ2n) is 6.41. The highest BCUT2D eigenvalue weighted by atomic mass is 35.5. The van der Waals surface area contributed by atoms with Crippen molar-refractivity contribution in [1.82, 2.24) is 14.2 Å². The molecule has 1 aliphatic rings. The summed E-state index contributed by atoms with van der Waals surface area (Å²) in [5.74, 6) is 0. The second-order valence-corrected chi connectivity index (χ2v) is 10.8. The number of hydrogen-bond acceptors (Lipinski definition) is 6. The number of nitrogens with zero attached hydrogens (tertiary/aromatic N) is 3. The van der Waals surface area contributed by atoms with E-state index in [4.69, 9.17) is 28.2 Å². The number of aromatic nitrogens is 1. The van der Waals surface area contributed by atoms with Gasteiger partial charge in [0.05, 0.1) is 20.6 Å². The standard InChI is InChI=1S/C18H17Cl2N3O2S3/c19-16-2-1-15(9-17(16)20)28(24,25)23-6-4-22(5-7-23)10-14-12-27-18(21-14)13-3-8-26-11-13/h1-3,8-9,11-12H,4-7,10H2. The minimum Gasteiger partial charge on any atom is -0.295 e. The van der Waals surface area contributed by atoms with E-state index in [1.165, 1.54) is 22.5 Å². The van der Waals surface area contributed by atoms with E-state index in [2.05, 4.69) is 21.7 Å². The van der Waals surface area contributed by atoms with Crippen LogP contribution in [0.25, 0.3) is 10.6 Å². The van der Waals surface area contributed by atoms with Crippen LogP contribution in [0.5, 0.6) is 0 Å². The van der Waals surface area contributed by atoms with E-state index in [1.807, 2.05) is 5.38 Å². The van der Waals surface area contributed by atoms with E-state index in [9.17, 15) is 8.42 Å². The molecule has 1 aromatic carbocycles. The molecule has 4 rings (SSSR count). The van der Waals surface area contributed by atoms with Crippen LogP contribution in [0.15, 0.2) is 45.3 Å². The highest BCUT2D eigenvalue weighted by Gasteiger charge is 2.29. The van der Waals surface area contributed by atoms with Crippen molar-refractivity contribution >= 4 is 55.9 Å². The number of hydrogen-bond donors (Lipinski definition) is 0. The van der Waals surface area contributed by atoms with E-state index in [-0.39, 0.29) is 9.92 Å². The first-order valence-corrected chi connectivity index (χ1v) is 12.6. The fraction of sp³-hybridized carbons (Fsp3) is 0.278. The van der Waals surface area contributed by atoms with E-state index in [0.717, 1.165) is 22.8 Å². The van der Waals surface area contributed by atoms with E-state index in [1.54, 1.807) is 22.7 Å². The highest BCUT2D eigenvalue weighted by molar-refractivity contribution is 7.89. The maximum atomic E-state index is 12.8. The Balaban J connectivity index is 1.38. The predicted molar refractivity (Wildman–Crippen MR) is 116 cm³/mol. The average Bonchev–Trinajstić information content (AvgIpc) is 3.36. The molecule has 0 unspecified atom stereocenters. The summed E-state index contributed by atoms with van der Waals surface area (Å²) in [6, 6.07) is 6.49. The molecule has 2 aromatic heterocycles. The van der Waals surface area contributed by atoms with Gasteiger partial charge in [0.25, 0.3) is 0 Å². The summed E-state index contributed by atoms with van der Waals surface area (Å²) in [7, 11) is -3.57. The molecule has 5 nitrogen and oxygen atoms in total. The fourth-order valence-electron chi connectivity index (χ4n) is 3.04. The zero-order chi connectivity index (χ0) is 19.7. The Morgan fingerprint density at radius 2 is 1.82 bits per heavy atom. The Labute approximate surface area is 182 Å². The molecule has 0 bridgehead atoms. The van der Waals surface area contributed by atoms with Crippen LogP contribution in [0.2, 0.25) is 10.0 Å².